The molecule has 4 nitrogen and oxygen atoms in total. The zero-order valence-corrected chi connectivity index (χ0v) is 9.37. The van der Waals surface area contributed by atoms with Gasteiger partial charge < -0.3 is 4.90 Å². The molecular formula is C10H11FN2O2S. The Morgan fingerprint density at radius 3 is 2.62 bits per heavy atom. The Morgan fingerprint density at radius 2 is 2.06 bits per heavy atom. The van der Waals surface area contributed by atoms with E-state index in [4.69, 9.17) is 0 Å². The van der Waals surface area contributed by atoms with Crippen LogP contribution < -0.4 is 0 Å². The van der Waals surface area contributed by atoms with E-state index in [1.165, 1.54) is 12.3 Å². The van der Waals surface area contributed by atoms with Gasteiger partial charge in [-0.15, -0.1) is 0 Å². The van der Waals surface area contributed by atoms with Crippen LogP contribution in [0.3, 0.4) is 0 Å². The van der Waals surface area contributed by atoms with Gasteiger partial charge in [-0.3, -0.25) is 9.00 Å². The number of pyridine rings is 1. The second-order valence-electron chi connectivity index (χ2n) is 3.51. The van der Waals surface area contributed by atoms with Gasteiger partial charge in [0, 0.05) is 41.6 Å². The molecule has 0 aliphatic carbocycles. The molecule has 1 aromatic heterocycles. The number of aromatic nitrogens is 1. The van der Waals surface area contributed by atoms with Gasteiger partial charge in [-0.1, -0.05) is 0 Å². The number of hydrogen-bond donors (Lipinski definition) is 0. The maximum Gasteiger partial charge on any atom is 0.255 e. The van der Waals surface area contributed by atoms with Crippen molar-refractivity contribution >= 4 is 16.7 Å². The predicted molar refractivity (Wildman–Crippen MR) is 58.0 cm³/mol. The van der Waals surface area contributed by atoms with Crippen molar-refractivity contribution in [1.82, 2.24) is 9.88 Å². The van der Waals surface area contributed by atoms with Gasteiger partial charge in [0.25, 0.3) is 5.91 Å². The summed E-state index contributed by atoms with van der Waals surface area (Å²) in [5.41, 5.74) is 0.370. The van der Waals surface area contributed by atoms with Crippen molar-refractivity contribution in [3.05, 3.63) is 29.8 Å². The van der Waals surface area contributed by atoms with Crippen LogP contribution in [0.15, 0.2) is 18.3 Å². The molecule has 0 spiro atoms. The fourth-order valence-electron chi connectivity index (χ4n) is 1.53. The van der Waals surface area contributed by atoms with Gasteiger partial charge in [0.1, 0.15) is 0 Å². The largest absolute Gasteiger partial charge is 0.337 e. The molecule has 0 N–H and O–H groups in total. The highest BCUT2D eigenvalue weighted by molar-refractivity contribution is 7.85. The molecule has 0 bridgehead atoms. The first-order valence-corrected chi connectivity index (χ1v) is 6.41. The summed E-state index contributed by atoms with van der Waals surface area (Å²) in [5, 5.41) is 0. The topological polar surface area (TPSA) is 50.3 Å². The van der Waals surface area contributed by atoms with Gasteiger partial charge in [0.05, 0.1) is 5.56 Å². The molecule has 0 atom stereocenters. The zero-order valence-electron chi connectivity index (χ0n) is 8.56. The van der Waals surface area contributed by atoms with Crippen molar-refractivity contribution in [3.8, 4) is 0 Å². The normalized spacial score (nSPS) is 17.4. The quantitative estimate of drug-likeness (QED) is 0.671. The van der Waals surface area contributed by atoms with Gasteiger partial charge >= 0.3 is 0 Å². The van der Waals surface area contributed by atoms with Crippen molar-refractivity contribution in [2.24, 2.45) is 0 Å². The van der Waals surface area contributed by atoms with Gasteiger partial charge in [0.15, 0.2) is 0 Å². The molecule has 1 aromatic rings. The molecule has 6 heteroatoms. The van der Waals surface area contributed by atoms with Gasteiger partial charge in [0.2, 0.25) is 5.95 Å². The third-order valence-electron chi connectivity index (χ3n) is 2.44. The van der Waals surface area contributed by atoms with E-state index in [-0.39, 0.29) is 5.91 Å². The second-order valence-corrected chi connectivity index (χ2v) is 5.21. The summed E-state index contributed by atoms with van der Waals surface area (Å²) < 4.78 is 23.7. The molecule has 0 aromatic carbocycles. The Hall–Kier alpha value is -1.30. The summed E-state index contributed by atoms with van der Waals surface area (Å²) in [5.74, 6) is 0.251. The second kappa shape index (κ2) is 4.69. The Morgan fingerprint density at radius 1 is 1.38 bits per heavy atom. The number of hydrogen-bond acceptors (Lipinski definition) is 3. The van der Waals surface area contributed by atoms with Crippen LogP contribution in [-0.4, -0.2) is 44.6 Å². The van der Waals surface area contributed by atoms with E-state index in [9.17, 15) is 13.4 Å². The average Bonchev–Trinajstić information content (AvgIpc) is 2.30. The standard InChI is InChI=1S/C10H11FN2O2S/c11-9-2-1-8(7-12-9)10(14)13-3-5-16(15)6-4-13/h1-2,7H,3-6H2. The highest BCUT2D eigenvalue weighted by atomic mass is 32.2. The molecule has 0 radical (unpaired) electrons. The number of rotatable bonds is 1. The fraction of sp³-hybridized carbons (Fsp3) is 0.400. The van der Waals surface area contributed by atoms with E-state index in [2.05, 4.69) is 4.98 Å². The van der Waals surface area contributed by atoms with Crippen LogP contribution in [-0.2, 0) is 10.8 Å². The van der Waals surface area contributed by atoms with Crippen molar-refractivity contribution < 1.29 is 13.4 Å². The molecule has 1 aliphatic heterocycles. The SMILES string of the molecule is O=C(c1ccc(F)nc1)N1CCS(=O)CC1. The molecule has 2 rings (SSSR count). The number of carbonyl (C=O) groups excluding carboxylic acids is 1. The molecule has 1 aliphatic rings. The maximum absolute atomic E-state index is 12.6. The van der Waals surface area contributed by atoms with E-state index in [1.54, 1.807) is 4.90 Å². The Kier molecular flexibility index (Phi) is 3.28. The summed E-state index contributed by atoms with van der Waals surface area (Å²) >= 11 is 0. The number of carbonyl (C=O) groups is 1. The van der Waals surface area contributed by atoms with Gasteiger partial charge in [-0.25, -0.2) is 4.98 Å². The summed E-state index contributed by atoms with van der Waals surface area (Å²) in [6.45, 7) is 0.978. The van der Waals surface area contributed by atoms with E-state index >= 15 is 0 Å². The average molecular weight is 242 g/mol. The minimum Gasteiger partial charge on any atom is -0.337 e. The predicted octanol–water partition coefficient (Wildman–Crippen LogP) is 0.425. The molecule has 0 unspecified atom stereocenters. The maximum atomic E-state index is 12.6. The Labute approximate surface area is 94.9 Å². The minimum atomic E-state index is -0.807. The van der Waals surface area contributed by atoms with Gasteiger partial charge in [-0.2, -0.15) is 4.39 Å². The van der Waals surface area contributed by atoms with Crippen LogP contribution in [0, 0.1) is 5.95 Å². The summed E-state index contributed by atoms with van der Waals surface area (Å²) in [6.07, 6.45) is 1.23. The van der Waals surface area contributed by atoms with Crippen molar-refractivity contribution in [3.63, 3.8) is 0 Å². The first-order chi connectivity index (χ1) is 7.66. The smallest absolute Gasteiger partial charge is 0.255 e. The van der Waals surface area contributed by atoms with Crippen LogP contribution >= 0.6 is 0 Å². The first-order valence-electron chi connectivity index (χ1n) is 4.92. The fourth-order valence-corrected chi connectivity index (χ4v) is 2.58. The Bertz CT molecular complexity index is 411. The third-order valence-corrected chi connectivity index (χ3v) is 3.72. The van der Waals surface area contributed by atoms with E-state index in [1.807, 2.05) is 0 Å². The lowest BCUT2D eigenvalue weighted by Gasteiger charge is -2.26. The van der Waals surface area contributed by atoms with E-state index < -0.39 is 16.7 Å². The molecule has 1 amide bonds. The van der Waals surface area contributed by atoms with E-state index in [0.29, 0.717) is 30.2 Å². The lowest BCUT2D eigenvalue weighted by molar-refractivity contribution is 0.0770. The van der Waals surface area contributed by atoms with Crippen molar-refractivity contribution in [2.45, 2.75) is 0 Å². The summed E-state index contributed by atoms with van der Waals surface area (Å²) in [6, 6.07) is 2.57. The number of halogens is 1. The highest BCUT2D eigenvalue weighted by Crippen LogP contribution is 2.07. The van der Waals surface area contributed by atoms with Crippen LogP contribution in [0.4, 0.5) is 4.39 Å². The van der Waals surface area contributed by atoms with Crippen LogP contribution in [0.5, 0.6) is 0 Å². The number of nitrogens with zero attached hydrogens (tertiary/aromatic N) is 2. The lowest BCUT2D eigenvalue weighted by Crippen LogP contribution is -2.41. The molecule has 86 valence electrons. The van der Waals surface area contributed by atoms with Crippen LogP contribution in [0.25, 0.3) is 0 Å². The Balaban J connectivity index is 2.07. The minimum absolute atomic E-state index is 0.177. The lowest BCUT2D eigenvalue weighted by atomic mass is 10.2. The molecule has 2 heterocycles. The number of amides is 1. The molecular weight excluding hydrogens is 231 g/mol. The monoisotopic (exact) mass is 242 g/mol. The summed E-state index contributed by atoms with van der Waals surface area (Å²) in [7, 11) is -0.807. The highest BCUT2D eigenvalue weighted by Gasteiger charge is 2.21. The molecule has 0 saturated carbocycles. The van der Waals surface area contributed by atoms with E-state index in [0.717, 1.165) is 6.07 Å². The van der Waals surface area contributed by atoms with Crippen molar-refractivity contribution in [2.75, 3.05) is 24.6 Å². The van der Waals surface area contributed by atoms with Crippen LogP contribution in [0.2, 0.25) is 0 Å². The third kappa shape index (κ3) is 2.44. The molecule has 1 saturated heterocycles. The molecule has 1 fully saturated rings. The summed E-state index contributed by atoms with van der Waals surface area (Å²) in [4.78, 5) is 16.9. The zero-order chi connectivity index (χ0) is 11.5. The first kappa shape index (κ1) is 11.2. The molecule has 16 heavy (non-hydrogen) atoms. The van der Waals surface area contributed by atoms with Gasteiger partial charge in [-0.05, 0) is 12.1 Å². The van der Waals surface area contributed by atoms with Crippen LogP contribution in [0.1, 0.15) is 10.4 Å². The van der Waals surface area contributed by atoms with Crippen molar-refractivity contribution in [1.29, 1.82) is 0 Å².